The molecule has 1 fully saturated rings. The largest absolute Gasteiger partial charge is 0.354 e. The topological polar surface area (TPSA) is 70.6 Å². The maximum absolute atomic E-state index is 11.7. The highest BCUT2D eigenvalue weighted by molar-refractivity contribution is 7.99. The maximum atomic E-state index is 11.7. The van der Waals surface area contributed by atoms with E-state index in [1.165, 1.54) is 17.3 Å². The molecule has 0 spiro atoms. The number of hydrogen-bond donors (Lipinski definition) is 1. The van der Waals surface area contributed by atoms with Crippen molar-refractivity contribution in [1.29, 1.82) is 0 Å². The zero-order valence-corrected chi connectivity index (χ0v) is 18.5. The van der Waals surface area contributed by atoms with Crippen molar-refractivity contribution in [3.05, 3.63) is 53.2 Å². The predicted octanol–water partition coefficient (Wildman–Crippen LogP) is 3.13. The molecule has 1 aliphatic rings. The Morgan fingerprint density at radius 3 is 2.73 bits per heavy atom. The lowest BCUT2D eigenvalue weighted by Crippen LogP contribution is -2.46. The van der Waals surface area contributed by atoms with Crippen LogP contribution >= 0.6 is 23.4 Å². The van der Waals surface area contributed by atoms with Crippen LogP contribution in [0.15, 0.2) is 47.6 Å². The number of anilines is 1. The number of halogens is 1. The van der Waals surface area contributed by atoms with Gasteiger partial charge >= 0.3 is 0 Å². The van der Waals surface area contributed by atoms with Gasteiger partial charge in [0.25, 0.3) is 5.91 Å². The summed E-state index contributed by atoms with van der Waals surface area (Å²) in [6, 6.07) is 12.1. The third-order valence-electron chi connectivity index (χ3n) is 4.49. The van der Waals surface area contributed by atoms with Crippen molar-refractivity contribution in [1.82, 2.24) is 20.3 Å². The minimum Gasteiger partial charge on any atom is -0.354 e. The van der Waals surface area contributed by atoms with Gasteiger partial charge in [0.15, 0.2) is 5.16 Å². The van der Waals surface area contributed by atoms with E-state index >= 15 is 0 Å². The van der Waals surface area contributed by atoms with E-state index in [0.717, 1.165) is 38.5 Å². The number of aromatic nitrogens is 2. The van der Waals surface area contributed by atoms with E-state index < -0.39 is 0 Å². The first-order chi connectivity index (χ1) is 14.6. The summed E-state index contributed by atoms with van der Waals surface area (Å²) in [5, 5.41) is 0.860. The van der Waals surface area contributed by atoms with Gasteiger partial charge in [-0.1, -0.05) is 65.8 Å². The smallest absolute Gasteiger partial charge is 0.254 e. The molecule has 1 amide bonds. The quantitative estimate of drug-likeness (QED) is 0.274. The fourth-order valence-corrected chi connectivity index (χ4v) is 3.85. The van der Waals surface area contributed by atoms with Gasteiger partial charge in [0, 0.05) is 38.8 Å². The average molecular weight is 448 g/mol. The van der Waals surface area contributed by atoms with Crippen molar-refractivity contribution < 1.29 is 9.63 Å². The highest BCUT2D eigenvalue weighted by Gasteiger charge is 2.19. The summed E-state index contributed by atoms with van der Waals surface area (Å²) in [4.78, 5) is 30.0. The van der Waals surface area contributed by atoms with Crippen LogP contribution in [0.1, 0.15) is 12.5 Å². The number of piperazine rings is 1. The molecular formula is C21H26ClN5O2S. The summed E-state index contributed by atoms with van der Waals surface area (Å²) in [7, 11) is 0. The van der Waals surface area contributed by atoms with Gasteiger partial charge in [-0.05, 0) is 12.5 Å². The summed E-state index contributed by atoms with van der Waals surface area (Å²) >= 11 is 7.42. The van der Waals surface area contributed by atoms with Gasteiger partial charge in [0.05, 0.1) is 12.4 Å². The third kappa shape index (κ3) is 7.28. The molecule has 7 nitrogen and oxygen atoms in total. The zero-order chi connectivity index (χ0) is 21.2. The minimum atomic E-state index is -0.232. The van der Waals surface area contributed by atoms with Crippen LogP contribution in [0.2, 0.25) is 5.15 Å². The van der Waals surface area contributed by atoms with Crippen LogP contribution in [-0.2, 0) is 9.63 Å². The first-order valence-electron chi connectivity index (χ1n) is 9.91. The van der Waals surface area contributed by atoms with Crippen LogP contribution in [0.5, 0.6) is 0 Å². The Hall–Kier alpha value is -2.13. The van der Waals surface area contributed by atoms with E-state index in [4.69, 9.17) is 16.4 Å². The Morgan fingerprint density at radius 2 is 2.00 bits per heavy atom. The lowest BCUT2D eigenvalue weighted by Gasteiger charge is -2.35. The summed E-state index contributed by atoms with van der Waals surface area (Å²) in [5.41, 5.74) is 3.57. The van der Waals surface area contributed by atoms with E-state index in [1.807, 2.05) is 18.2 Å². The zero-order valence-electron chi connectivity index (χ0n) is 17.0. The second-order valence-corrected chi connectivity index (χ2v) is 8.01. The van der Waals surface area contributed by atoms with Crippen molar-refractivity contribution in [3.8, 4) is 0 Å². The monoisotopic (exact) mass is 447 g/mol. The molecule has 160 valence electrons. The van der Waals surface area contributed by atoms with Crippen LogP contribution in [0.3, 0.4) is 0 Å². The number of amides is 1. The minimum absolute atomic E-state index is 0.168. The second kappa shape index (κ2) is 11.9. The van der Waals surface area contributed by atoms with Crippen molar-refractivity contribution in [2.45, 2.75) is 12.1 Å². The van der Waals surface area contributed by atoms with Gasteiger partial charge in [-0.2, -0.15) is 0 Å². The van der Waals surface area contributed by atoms with E-state index in [2.05, 4.69) is 49.5 Å². The van der Waals surface area contributed by atoms with Crippen molar-refractivity contribution in [3.63, 3.8) is 0 Å². The Bertz CT molecular complexity index is 845. The molecule has 0 bridgehead atoms. The van der Waals surface area contributed by atoms with Gasteiger partial charge in [-0.3, -0.25) is 14.5 Å². The molecular weight excluding hydrogens is 422 g/mol. The van der Waals surface area contributed by atoms with Crippen LogP contribution < -0.4 is 10.4 Å². The Balaban J connectivity index is 1.49. The third-order valence-corrected chi connectivity index (χ3v) is 5.53. The Kier molecular flexibility index (Phi) is 8.95. The van der Waals surface area contributed by atoms with E-state index in [-0.39, 0.29) is 11.7 Å². The van der Waals surface area contributed by atoms with Crippen LogP contribution in [0.4, 0.5) is 5.82 Å². The molecule has 1 saturated heterocycles. The number of rotatable bonds is 9. The molecule has 0 aliphatic carbocycles. The van der Waals surface area contributed by atoms with Gasteiger partial charge in [0.2, 0.25) is 0 Å². The predicted molar refractivity (Wildman–Crippen MR) is 122 cm³/mol. The standard InChI is InChI=1S/C21H26ClN5O2S/c1-2-29-25-20(28)16-30-21-23-18(22)15-19(24-21)27-13-11-26(12-14-27)10-6-9-17-7-4-3-5-8-17/h3-9,15H,2,10-14,16H2,1H3,(H,25,28)/b9-6+. The molecule has 0 radical (unpaired) electrons. The van der Waals surface area contributed by atoms with Crippen molar-refractivity contribution in [2.24, 2.45) is 0 Å². The molecule has 2 aromatic rings. The van der Waals surface area contributed by atoms with Crippen molar-refractivity contribution in [2.75, 3.05) is 50.0 Å². The van der Waals surface area contributed by atoms with Crippen molar-refractivity contribution >= 4 is 41.2 Å². The lowest BCUT2D eigenvalue weighted by molar-refractivity contribution is -0.130. The van der Waals surface area contributed by atoms with Crippen LogP contribution in [-0.4, -0.2) is 65.9 Å². The maximum Gasteiger partial charge on any atom is 0.254 e. The Labute approximate surface area is 186 Å². The number of thioether (sulfide) groups is 1. The highest BCUT2D eigenvalue weighted by Crippen LogP contribution is 2.22. The number of benzene rings is 1. The van der Waals surface area contributed by atoms with Gasteiger partial charge in [0.1, 0.15) is 11.0 Å². The first-order valence-corrected chi connectivity index (χ1v) is 11.3. The lowest BCUT2D eigenvalue weighted by atomic mass is 10.2. The van der Waals surface area contributed by atoms with E-state index in [9.17, 15) is 4.79 Å². The SMILES string of the molecule is CCONC(=O)CSc1nc(Cl)cc(N2CCN(C/C=C/c3ccccc3)CC2)n1. The number of hydroxylamine groups is 1. The molecule has 1 aromatic carbocycles. The number of carbonyl (C=O) groups excluding carboxylic acids is 1. The number of hydrogen-bond acceptors (Lipinski definition) is 7. The summed E-state index contributed by atoms with van der Waals surface area (Å²) in [5.74, 6) is 0.729. The number of nitrogens with one attached hydrogen (secondary N) is 1. The van der Waals surface area contributed by atoms with E-state index in [0.29, 0.717) is 16.9 Å². The molecule has 9 heteroatoms. The first kappa shape index (κ1) is 22.6. The number of nitrogens with zero attached hydrogens (tertiary/aromatic N) is 4. The molecule has 1 aromatic heterocycles. The van der Waals surface area contributed by atoms with Crippen LogP contribution in [0.25, 0.3) is 6.08 Å². The fourth-order valence-electron chi connectivity index (χ4n) is 2.99. The summed E-state index contributed by atoms with van der Waals surface area (Å²) in [6.45, 7) is 6.76. The molecule has 30 heavy (non-hydrogen) atoms. The number of carbonyl (C=O) groups is 1. The molecule has 0 unspecified atom stereocenters. The highest BCUT2D eigenvalue weighted by atomic mass is 35.5. The van der Waals surface area contributed by atoms with Crippen LogP contribution in [0, 0.1) is 0 Å². The Morgan fingerprint density at radius 1 is 1.23 bits per heavy atom. The normalized spacial score (nSPS) is 14.9. The summed E-state index contributed by atoms with van der Waals surface area (Å²) < 4.78 is 0. The molecule has 3 rings (SSSR count). The molecule has 0 saturated carbocycles. The van der Waals surface area contributed by atoms with Gasteiger partial charge in [-0.25, -0.2) is 15.4 Å². The average Bonchev–Trinajstić information content (AvgIpc) is 2.77. The molecule has 1 N–H and O–H groups in total. The molecule has 0 atom stereocenters. The fraction of sp³-hybridized carbons (Fsp3) is 0.381. The second-order valence-electron chi connectivity index (χ2n) is 6.68. The molecule has 1 aliphatic heterocycles. The van der Waals surface area contributed by atoms with E-state index in [1.54, 1.807) is 13.0 Å². The van der Waals surface area contributed by atoms with Gasteiger partial charge < -0.3 is 4.90 Å². The van der Waals surface area contributed by atoms with Gasteiger partial charge in [-0.15, -0.1) is 0 Å². The summed E-state index contributed by atoms with van der Waals surface area (Å²) in [6.07, 6.45) is 4.36. The molecule has 2 heterocycles.